The van der Waals surface area contributed by atoms with Crippen molar-refractivity contribution in [3.63, 3.8) is 0 Å². The number of hydrogen-bond donors (Lipinski definition) is 0. The van der Waals surface area contributed by atoms with Gasteiger partial charge in [-0.2, -0.15) is 0 Å². The summed E-state index contributed by atoms with van der Waals surface area (Å²) in [7, 11) is 0. The minimum absolute atomic E-state index is 0.408. The molecule has 0 fully saturated rings. The van der Waals surface area contributed by atoms with Gasteiger partial charge in [-0.05, 0) is 57.2 Å². The van der Waals surface area contributed by atoms with E-state index in [2.05, 4.69) is 120 Å². The van der Waals surface area contributed by atoms with Gasteiger partial charge in [0.1, 0.15) is 0 Å². The molecule has 5 rings (SSSR count). The van der Waals surface area contributed by atoms with Crippen LogP contribution >= 0.6 is 0 Å². The molecule has 33 heavy (non-hydrogen) atoms. The summed E-state index contributed by atoms with van der Waals surface area (Å²) in [6.45, 7) is 11.3. The zero-order chi connectivity index (χ0) is 23.1. The van der Waals surface area contributed by atoms with Crippen LogP contribution < -0.4 is 10.6 Å². The van der Waals surface area contributed by atoms with Gasteiger partial charge in [0.05, 0.1) is 11.0 Å². The molecule has 0 aliphatic heterocycles. The third-order valence-electron chi connectivity index (χ3n) is 6.81. The SMILES string of the molecule is CC(c1ccccc1)=c1c(=Nc2c(C(C)C)cccc2C(C)C)c2cccc3cccc1c32. The summed E-state index contributed by atoms with van der Waals surface area (Å²) in [5.41, 5.74) is 6.28. The highest BCUT2D eigenvalue weighted by Crippen LogP contribution is 2.35. The van der Waals surface area contributed by atoms with E-state index in [0.29, 0.717) is 11.8 Å². The first-order valence-electron chi connectivity index (χ1n) is 12.0. The average Bonchev–Trinajstić information content (AvgIpc) is 3.14. The summed E-state index contributed by atoms with van der Waals surface area (Å²) in [5.74, 6) is 0.815. The van der Waals surface area contributed by atoms with E-state index in [0.717, 1.165) is 11.0 Å². The Kier molecular flexibility index (Phi) is 5.50. The van der Waals surface area contributed by atoms with Gasteiger partial charge >= 0.3 is 0 Å². The molecule has 1 heteroatoms. The zero-order valence-corrected chi connectivity index (χ0v) is 20.2. The monoisotopic (exact) mass is 429 g/mol. The lowest BCUT2D eigenvalue weighted by atomic mass is 9.93. The first kappa shape index (κ1) is 21.4. The van der Waals surface area contributed by atoms with Crippen LogP contribution in [0.25, 0.3) is 27.1 Å². The lowest BCUT2D eigenvalue weighted by Crippen LogP contribution is -2.24. The van der Waals surface area contributed by atoms with Crippen molar-refractivity contribution in [3.05, 3.63) is 112 Å². The summed E-state index contributed by atoms with van der Waals surface area (Å²) in [6.07, 6.45) is 0. The predicted octanol–water partition coefficient (Wildman–Crippen LogP) is 7.85. The Bertz CT molecular complexity index is 1520. The Morgan fingerprint density at radius 3 is 1.82 bits per heavy atom. The Labute approximate surface area is 196 Å². The normalized spacial score (nSPS) is 13.6. The molecule has 0 saturated carbocycles. The largest absolute Gasteiger partial charge is 0.247 e. The second-order valence-electron chi connectivity index (χ2n) is 9.63. The van der Waals surface area contributed by atoms with Crippen molar-refractivity contribution in [2.75, 3.05) is 0 Å². The molecule has 0 aliphatic carbocycles. The van der Waals surface area contributed by atoms with E-state index in [-0.39, 0.29) is 0 Å². The second-order valence-corrected chi connectivity index (χ2v) is 9.63. The minimum Gasteiger partial charge on any atom is -0.247 e. The van der Waals surface area contributed by atoms with Crippen molar-refractivity contribution in [2.45, 2.75) is 46.5 Å². The molecule has 0 saturated heterocycles. The zero-order valence-electron chi connectivity index (χ0n) is 20.2. The van der Waals surface area contributed by atoms with Crippen LogP contribution in [0.3, 0.4) is 0 Å². The van der Waals surface area contributed by atoms with Crippen LogP contribution in [0.15, 0.2) is 89.9 Å². The number of rotatable bonds is 4. The van der Waals surface area contributed by atoms with Gasteiger partial charge in [-0.25, -0.2) is 4.99 Å². The highest BCUT2D eigenvalue weighted by molar-refractivity contribution is 6.12. The van der Waals surface area contributed by atoms with Gasteiger partial charge in [0.2, 0.25) is 0 Å². The number of nitrogens with zero attached hydrogens (tertiary/aromatic N) is 1. The van der Waals surface area contributed by atoms with Crippen LogP contribution in [0.5, 0.6) is 0 Å². The van der Waals surface area contributed by atoms with E-state index in [1.165, 1.54) is 49.0 Å². The van der Waals surface area contributed by atoms with Crippen LogP contribution in [0.1, 0.15) is 63.1 Å². The Morgan fingerprint density at radius 1 is 0.636 bits per heavy atom. The van der Waals surface area contributed by atoms with Crippen molar-refractivity contribution in [2.24, 2.45) is 4.99 Å². The summed E-state index contributed by atoms with van der Waals surface area (Å²) in [5, 5.41) is 7.46. The van der Waals surface area contributed by atoms with Crippen molar-refractivity contribution in [3.8, 4) is 0 Å². The van der Waals surface area contributed by atoms with Gasteiger partial charge in [-0.3, -0.25) is 0 Å². The van der Waals surface area contributed by atoms with E-state index >= 15 is 0 Å². The van der Waals surface area contributed by atoms with Gasteiger partial charge in [-0.15, -0.1) is 0 Å². The van der Waals surface area contributed by atoms with E-state index in [4.69, 9.17) is 4.99 Å². The fourth-order valence-electron chi connectivity index (χ4n) is 5.09. The van der Waals surface area contributed by atoms with Gasteiger partial charge < -0.3 is 0 Å². The quantitative estimate of drug-likeness (QED) is 0.276. The lowest BCUT2D eigenvalue weighted by Gasteiger charge is -2.16. The molecule has 0 aliphatic rings. The van der Waals surface area contributed by atoms with E-state index in [1.807, 2.05) is 0 Å². The molecular formula is C32H31N. The van der Waals surface area contributed by atoms with Gasteiger partial charge in [-0.1, -0.05) is 113 Å². The highest BCUT2D eigenvalue weighted by atomic mass is 14.7. The Balaban J connectivity index is 2.03. The first-order chi connectivity index (χ1) is 16.0. The third kappa shape index (κ3) is 3.62. The van der Waals surface area contributed by atoms with Crippen LogP contribution in [0, 0.1) is 0 Å². The van der Waals surface area contributed by atoms with Crippen LogP contribution in [0.4, 0.5) is 5.69 Å². The Hall–Kier alpha value is -3.45. The summed E-state index contributed by atoms with van der Waals surface area (Å²) < 4.78 is 0. The first-order valence-corrected chi connectivity index (χ1v) is 12.0. The highest BCUT2D eigenvalue weighted by Gasteiger charge is 2.16. The molecule has 0 aromatic heterocycles. The molecule has 0 bridgehead atoms. The molecule has 5 aromatic carbocycles. The second kappa shape index (κ2) is 8.48. The maximum atomic E-state index is 5.53. The molecule has 0 spiro atoms. The standard InChI is InChI=1S/C32H31N/c1-20(2)25-16-11-17-26(21(3)4)31(25)33-32-28-19-10-15-24-14-9-18-27(30(24)28)29(32)22(5)23-12-7-6-8-13-23/h6-21H,1-5H3. The molecule has 0 heterocycles. The molecule has 0 N–H and O–H groups in total. The predicted molar refractivity (Wildman–Crippen MR) is 142 cm³/mol. The topological polar surface area (TPSA) is 12.4 Å². The molecule has 0 atom stereocenters. The molecule has 0 amide bonds. The van der Waals surface area contributed by atoms with Crippen LogP contribution in [0.2, 0.25) is 0 Å². The summed E-state index contributed by atoms with van der Waals surface area (Å²) in [6, 6.07) is 30.6. The lowest BCUT2D eigenvalue weighted by molar-refractivity contribution is 0.832. The fourth-order valence-corrected chi connectivity index (χ4v) is 5.09. The smallest absolute Gasteiger partial charge is 0.0797 e. The maximum absolute atomic E-state index is 5.53. The molecule has 164 valence electrons. The van der Waals surface area contributed by atoms with E-state index in [9.17, 15) is 0 Å². The molecular weight excluding hydrogens is 398 g/mol. The molecule has 1 nitrogen and oxygen atoms in total. The van der Waals surface area contributed by atoms with Crippen LogP contribution in [-0.4, -0.2) is 0 Å². The van der Waals surface area contributed by atoms with Gasteiger partial charge in [0.15, 0.2) is 0 Å². The van der Waals surface area contributed by atoms with Crippen molar-refractivity contribution < 1.29 is 0 Å². The van der Waals surface area contributed by atoms with Crippen molar-refractivity contribution in [1.29, 1.82) is 0 Å². The molecule has 0 unspecified atom stereocenters. The molecule has 0 radical (unpaired) electrons. The van der Waals surface area contributed by atoms with Crippen molar-refractivity contribution >= 4 is 32.8 Å². The number of para-hydroxylation sites is 1. The minimum atomic E-state index is 0.408. The van der Waals surface area contributed by atoms with Crippen LogP contribution in [-0.2, 0) is 0 Å². The summed E-state index contributed by atoms with van der Waals surface area (Å²) >= 11 is 0. The summed E-state index contributed by atoms with van der Waals surface area (Å²) in [4.78, 5) is 5.53. The van der Waals surface area contributed by atoms with Gasteiger partial charge in [0, 0.05) is 10.6 Å². The van der Waals surface area contributed by atoms with Crippen molar-refractivity contribution in [1.82, 2.24) is 0 Å². The van der Waals surface area contributed by atoms with E-state index < -0.39 is 0 Å². The fraction of sp³-hybridized carbons (Fsp3) is 0.219. The maximum Gasteiger partial charge on any atom is 0.0797 e. The third-order valence-corrected chi connectivity index (χ3v) is 6.81. The molecule has 5 aromatic rings. The number of benzene rings is 4. The Morgan fingerprint density at radius 2 is 1.21 bits per heavy atom. The van der Waals surface area contributed by atoms with E-state index in [1.54, 1.807) is 0 Å². The van der Waals surface area contributed by atoms with Gasteiger partial charge in [0.25, 0.3) is 0 Å². The number of hydrogen-bond acceptors (Lipinski definition) is 1. The average molecular weight is 430 g/mol.